The van der Waals surface area contributed by atoms with Gasteiger partial charge in [0.05, 0.1) is 24.4 Å². The minimum absolute atomic E-state index is 0.0277. The minimum atomic E-state index is -0.177. The SMILES string of the molecule is CC(C)N(CCC#N)C(=O)c1ccc(NN)cn1. The van der Waals surface area contributed by atoms with Crippen molar-refractivity contribution in [2.24, 2.45) is 5.84 Å². The second-order valence-corrected chi connectivity index (χ2v) is 4.08. The third-order valence-corrected chi connectivity index (χ3v) is 2.50. The molecule has 0 aliphatic rings. The lowest BCUT2D eigenvalue weighted by atomic mass is 10.2. The first-order valence-electron chi connectivity index (χ1n) is 5.70. The van der Waals surface area contributed by atoms with Crippen LogP contribution in [0.25, 0.3) is 0 Å². The highest BCUT2D eigenvalue weighted by atomic mass is 16.2. The zero-order valence-corrected chi connectivity index (χ0v) is 10.6. The molecule has 0 bridgehead atoms. The van der Waals surface area contributed by atoms with Gasteiger partial charge in [-0.1, -0.05) is 0 Å². The molecule has 0 spiro atoms. The standard InChI is InChI=1S/C12H17N5O/c1-9(2)17(7-3-6-13)12(18)11-5-4-10(16-14)8-15-11/h4-5,8-9,16H,3,7,14H2,1-2H3. The lowest BCUT2D eigenvalue weighted by Gasteiger charge is -2.25. The van der Waals surface area contributed by atoms with Gasteiger partial charge in [0, 0.05) is 12.6 Å². The number of nitrogens with one attached hydrogen (secondary N) is 1. The predicted octanol–water partition coefficient (Wildman–Crippen LogP) is 1.13. The van der Waals surface area contributed by atoms with Crippen LogP contribution in [0.4, 0.5) is 5.69 Å². The molecular weight excluding hydrogens is 230 g/mol. The van der Waals surface area contributed by atoms with Crippen LogP contribution in [0, 0.1) is 11.3 Å². The number of rotatable bonds is 5. The van der Waals surface area contributed by atoms with Gasteiger partial charge in [-0.2, -0.15) is 5.26 Å². The van der Waals surface area contributed by atoms with Gasteiger partial charge in [-0.05, 0) is 26.0 Å². The van der Waals surface area contributed by atoms with Gasteiger partial charge < -0.3 is 10.3 Å². The Balaban J connectivity index is 2.84. The number of anilines is 1. The van der Waals surface area contributed by atoms with E-state index in [0.29, 0.717) is 24.3 Å². The summed E-state index contributed by atoms with van der Waals surface area (Å²) in [6, 6.07) is 5.36. The second kappa shape index (κ2) is 6.57. The Bertz CT molecular complexity index is 435. The van der Waals surface area contributed by atoms with Crippen LogP contribution in [0.15, 0.2) is 18.3 Å². The maximum Gasteiger partial charge on any atom is 0.272 e. The Kier molecular flexibility index (Phi) is 5.08. The van der Waals surface area contributed by atoms with Crippen LogP contribution >= 0.6 is 0 Å². The van der Waals surface area contributed by atoms with Gasteiger partial charge in [0.2, 0.25) is 0 Å². The first-order valence-corrected chi connectivity index (χ1v) is 5.70. The van der Waals surface area contributed by atoms with E-state index in [0.717, 1.165) is 0 Å². The van der Waals surface area contributed by atoms with Crippen LogP contribution < -0.4 is 11.3 Å². The molecule has 3 N–H and O–H groups in total. The molecule has 0 unspecified atom stereocenters. The number of hydrogen-bond donors (Lipinski definition) is 2. The quantitative estimate of drug-likeness (QED) is 0.600. The third-order valence-electron chi connectivity index (χ3n) is 2.50. The Hall–Kier alpha value is -2.13. The van der Waals surface area contributed by atoms with Crippen molar-refractivity contribution in [3.8, 4) is 6.07 Å². The summed E-state index contributed by atoms with van der Waals surface area (Å²) < 4.78 is 0. The summed E-state index contributed by atoms with van der Waals surface area (Å²) in [4.78, 5) is 17.9. The Morgan fingerprint density at radius 1 is 1.61 bits per heavy atom. The van der Waals surface area contributed by atoms with Gasteiger partial charge in [-0.25, -0.2) is 4.98 Å². The van der Waals surface area contributed by atoms with Crippen LogP contribution in [0.1, 0.15) is 30.8 Å². The fourth-order valence-corrected chi connectivity index (χ4v) is 1.52. The first kappa shape index (κ1) is 13.9. The summed E-state index contributed by atoms with van der Waals surface area (Å²) in [5, 5.41) is 8.59. The van der Waals surface area contributed by atoms with Crippen LogP contribution in [0.3, 0.4) is 0 Å². The minimum Gasteiger partial charge on any atom is -0.334 e. The highest BCUT2D eigenvalue weighted by molar-refractivity contribution is 5.92. The van der Waals surface area contributed by atoms with Crippen LogP contribution in [0.5, 0.6) is 0 Å². The molecule has 0 fully saturated rings. The summed E-state index contributed by atoms with van der Waals surface area (Å²) in [7, 11) is 0. The monoisotopic (exact) mass is 247 g/mol. The van der Waals surface area contributed by atoms with Crippen molar-refractivity contribution in [3.63, 3.8) is 0 Å². The number of carbonyl (C=O) groups is 1. The molecule has 0 saturated carbocycles. The zero-order valence-electron chi connectivity index (χ0n) is 10.6. The van der Waals surface area contributed by atoms with Gasteiger partial charge in [0.15, 0.2) is 0 Å². The van der Waals surface area contributed by atoms with E-state index in [1.165, 1.54) is 6.20 Å². The molecule has 96 valence electrons. The van der Waals surface area contributed by atoms with E-state index in [1.54, 1.807) is 17.0 Å². The number of nitrogen functional groups attached to an aromatic ring is 1. The van der Waals surface area contributed by atoms with Gasteiger partial charge >= 0.3 is 0 Å². The number of carbonyl (C=O) groups excluding carboxylic acids is 1. The van der Waals surface area contributed by atoms with Crippen molar-refractivity contribution in [1.82, 2.24) is 9.88 Å². The molecule has 1 amide bonds. The average molecular weight is 247 g/mol. The number of hydrogen-bond acceptors (Lipinski definition) is 5. The molecule has 6 nitrogen and oxygen atoms in total. The molecule has 1 rings (SSSR count). The zero-order chi connectivity index (χ0) is 13.5. The molecule has 6 heteroatoms. The number of nitriles is 1. The predicted molar refractivity (Wildman–Crippen MR) is 68.4 cm³/mol. The Morgan fingerprint density at radius 2 is 2.33 bits per heavy atom. The van der Waals surface area contributed by atoms with Crippen molar-refractivity contribution in [1.29, 1.82) is 5.26 Å². The van der Waals surface area contributed by atoms with Crippen LogP contribution in [0.2, 0.25) is 0 Å². The van der Waals surface area contributed by atoms with Gasteiger partial charge in [-0.15, -0.1) is 0 Å². The molecule has 0 radical (unpaired) electrons. The highest BCUT2D eigenvalue weighted by Gasteiger charge is 2.19. The maximum atomic E-state index is 12.2. The average Bonchev–Trinajstić information content (AvgIpc) is 2.38. The molecule has 0 aliphatic carbocycles. The van der Waals surface area contributed by atoms with Crippen LogP contribution in [-0.4, -0.2) is 28.4 Å². The number of amides is 1. The van der Waals surface area contributed by atoms with E-state index in [9.17, 15) is 4.79 Å². The lowest BCUT2D eigenvalue weighted by Crippen LogP contribution is -2.38. The molecule has 0 aliphatic heterocycles. The fourth-order valence-electron chi connectivity index (χ4n) is 1.52. The molecule has 0 aromatic carbocycles. The highest BCUT2D eigenvalue weighted by Crippen LogP contribution is 2.10. The topological polar surface area (TPSA) is 95.0 Å². The van der Waals surface area contributed by atoms with E-state index in [1.807, 2.05) is 19.9 Å². The van der Waals surface area contributed by atoms with E-state index < -0.39 is 0 Å². The molecule has 1 aromatic heterocycles. The number of pyridine rings is 1. The summed E-state index contributed by atoms with van der Waals surface area (Å²) in [5.74, 6) is 5.05. The van der Waals surface area contributed by atoms with E-state index in [2.05, 4.69) is 10.4 Å². The summed E-state index contributed by atoms with van der Waals surface area (Å²) in [5.41, 5.74) is 3.44. The molecule has 18 heavy (non-hydrogen) atoms. The number of nitrogens with zero attached hydrogens (tertiary/aromatic N) is 3. The third kappa shape index (κ3) is 3.43. The lowest BCUT2D eigenvalue weighted by molar-refractivity contribution is 0.0704. The fraction of sp³-hybridized carbons (Fsp3) is 0.417. The summed E-state index contributed by atoms with van der Waals surface area (Å²) in [6.45, 7) is 4.22. The first-order chi connectivity index (χ1) is 8.60. The van der Waals surface area contributed by atoms with E-state index in [4.69, 9.17) is 11.1 Å². The van der Waals surface area contributed by atoms with Crippen molar-refractivity contribution in [3.05, 3.63) is 24.0 Å². The molecule has 1 heterocycles. The van der Waals surface area contributed by atoms with Crippen LogP contribution in [-0.2, 0) is 0 Å². The summed E-state index contributed by atoms with van der Waals surface area (Å²) in [6.07, 6.45) is 1.81. The molecular formula is C12H17N5O. The van der Waals surface area contributed by atoms with Crippen molar-refractivity contribution in [2.45, 2.75) is 26.3 Å². The van der Waals surface area contributed by atoms with Gasteiger partial charge in [0.1, 0.15) is 5.69 Å². The van der Waals surface area contributed by atoms with Crippen molar-refractivity contribution >= 4 is 11.6 Å². The molecule has 0 atom stereocenters. The Labute approximate surface area is 106 Å². The smallest absolute Gasteiger partial charge is 0.272 e. The number of hydrazine groups is 1. The van der Waals surface area contributed by atoms with Crippen molar-refractivity contribution in [2.75, 3.05) is 12.0 Å². The summed E-state index contributed by atoms with van der Waals surface area (Å²) >= 11 is 0. The van der Waals surface area contributed by atoms with E-state index >= 15 is 0 Å². The molecule has 0 saturated heterocycles. The molecule has 1 aromatic rings. The van der Waals surface area contributed by atoms with Gasteiger partial charge in [-0.3, -0.25) is 10.6 Å². The number of nitrogens with two attached hydrogens (primary N) is 1. The largest absolute Gasteiger partial charge is 0.334 e. The van der Waals surface area contributed by atoms with Gasteiger partial charge in [0.25, 0.3) is 5.91 Å². The Morgan fingerprint density at radius 3 is 2.78 bits per heavy atom. The second-order valence-electron chi connectivity index (χ2n) is 4.08. The number of aromatic nitrogens is 1. The van der Waals surface area contributed by atoms with Crippen molar-refractivity contribution < 1.29 is 4.79 Å². The maximum absolute atomic E-state index is 12.2. The van der Waals surface area contributed by atoms with E-state index in [-0.39, 0.29) is 11.9 Å². The normalized spacial score (nSPS) is 9.94.